The number of nitrogens with two attached hydrogens (primary N) is 1. The molecule has 5 heteroatoms. The smallest absolute Gasteiger partial charge is 0.256 e. The van der Waals surface area contributed by atoms with Crippen molar-refractivity contribution in [1.29, 1.82) is 0 Å². The van der Waals surface area contributed by atoms with Crippen molar-refractivity contribution >= 4 is 27.5 Å². The molecule has 1 heterocycles. The van der Waals surface area contributed by atoms with Crippen molar-refractivity contribution in [1.82, 2.24) is 9.80 Å². The van der Waals surface area contributed by atoms with E-state index in [1.54, 1.807) is 12.1 Å². The highest BCUT2D eigenvalue weighted by atomic mass is 79.9. The zero-order valence-corrected chi connectivity index (χ0v) is 13.9. The molecular formula is C15H22BrN3O. The second-order valence-corrected chi connectivity index (χ2v) is 7.10. The van der Waals surface area contributed by atoms with Crippen molar-refractivity contribution in [3.8, 4) is 0 Å². The second-order valence-electron chi connectivity index (χ2n) is 6.18. The Morgan fingerprint density at radius 1 is 1.20 bits per heavy atom. The summed E-state index contributed by atoms with van der Waals surface area (Å²) in [5, 5.41) is 0. The maximum atomic E-state index is 12.5. The Kier molecular flexibility index (Phi) is 4.39. The number of carbonyl (C=O) groups is 1. The Balaban J connectivity index is 2.07. The van der Waals surface area contributed by atoms with Crippen LogP contribution in [0.25, 0.3) is 0 Å². The number of amides is 1. The first kappa shape index (κ1) is 15.3. The molecule has 20 heavy (non-hydrogen) atoms. The van der Waals surface area contributed by atoms with Gasteiger partial charge in [-0.1, -0.05) is 15.9 Å². The van der Waals surface area contributed by atoms with Gasteiger partial charge < -0.3 is 10.6 Å². The van der Waals surface area contributed by atoms with Gasteiger partial charge in [-0.2, -0.15) is 0 Å². The maximum absolute atomic E-state index is 12.5. The highest BCUT2D eigenvalue weighted by Crippen LogP contribution is 2.22. The molecule has 0 atom stereocenters. The molecule has 0 unspecified atom stereocenters. The third-order valence-corrected chi connectivity index (χ3v) is 4.25. The van der Waals surface area contributed by atoms with Crippen LogP contribution < -0.4 is 5.73 Å². The van der Waals surface area contributed by atoms with E-state index >= 15 is 0 Å². The van der Waals surface area contributed by atoms with Crippen LogP contribution in [0.4, 0.5) is 5.69 Å². The fourth-order valence-corrected chi connectivity index (χ4v) is 2.83. The predicted octanol–water partition coefficient (Wildman–Crippen LogP) is 2.59. The SMILES string of the molecule is CC(C)(C)N1CCN(C(=O)c2cc(Br)ccc2N)CC1. The molecule has 2 N–H and O–H groups in total. The standard InChI is InChI=1S/C15H22BrN3O/c1-15(2,3)19-8-6-18(7-9-19)14(20)12-10-11(16)4-5-13(12)17/h4-5,10H,6-9,17H2,1-3H3. The third kappa shape index (κ3) is 3.33. The fraction of sp³-hybridized carbons (Fsp3) is 0.533. The van der Waals surface area contributed by atoms with E-state index in [1.165, 1.54) is 0 Å². The van der Waals surface area contributed by atoms with Crippen LogP contribution in [-0.2, 0) is 0 Å². The number of halogens is 1. The van der Waals surface area contributed by atoms with E-state index in [4.69, 9.17) is 5.73 Å². The summed E-state index contributed by atoms with van der Waals surface area (Å²) < 4.78 is 0.878. The van der Waals surface area contributed by atoms with Gasteiger partial charge >= 0.3 is 0 Å². The van der Waals surface area contributed by atoms with Gasteiger partial charge in [-0.15, -0.1) is 0 Å². The number of nitrogens with zero attached hydrogens (tertiary/aromatic N) is 2. The number of piperazine rings is 1. The van der Waals surface area contributed by atoms with Crippen LogP contribution >= 0.6 is 15.9 Å². The zero-order chi connectivity index (χ0) is 14.9. The topological polar surface area (TPSA) is 49.6 Å². The maximum Gasteiger partial charge on any atom is 0.256 e. The number of hydrogen-bond acceptors (Lipinski definition) is 3. The monoisotopic (exact) mass is 339 g/mol. The van der Waals surface area contributed by atoms with Gasteiger partial charge in [0.1, 0.15) is 0 Å². The molecule has 1 fully saturated rings. The molecule has 0 saturated carbocycles. The number of carbonyl (C=O) groups excluding carboxylic acids is 1. The molecule has 1 amide bonds. The predicted molar refractivity (Wildman–Crippen MR) is 85.8 cm³/mol. The van der Waals surface area contributed by atoms with E-state index in [9.17, 15) is 4.79 Å². The minimum absolute atomic E-state index is 0.0253. The minimum atomic E-state index is 0.0253. The first-order valence-electron chi connectivity index (χ1n) is 6.88. The summed E-state index contributed by atoms with van der Waals surface area (Å²) in [6, 6.07) is 5.42. The van der Waals surface area contributed by atoms with Crippen LogP contribution in [0.1, 0.15) is 31.1 Å². The van der Waals surface area contributed by atoms with Crippen LogP contribution in [0.2, 0.25) is 0 Å². The lowest BCUT2D eigenvalue weighted by Crippen LogP contribution is -2.54. The van der Waals surface area contributed by atoms with Gasteiger partial charge in [0.15, 0.2) is 0 Å². The van der Waals surface area contributed by atoms with Crippen LogP contribution in [0.3, 0.4) is 0 Å². The number of hydrogen-bond donors (Lipinski definition) is 1. The van der Waals surface area contributed by atoms with Gasteiger partial charge in [0, 0.05) is 41.9 Å². The number of anilines is 1. The van der Waals surface area contributed by atoms with Gasteiger partial charge in [0.25, 0.3) is 5.91 Å². The summed E-state index contributed by atoms with van der Waals surface area (Å²) in [4.78, 5) is 16.8. The molecule has 1 aromatic carbocycles. The van der Waals surface area contributed by atoms with Crippen molar-refractivity contribution in [3.63, 3.8) is 0 Å². The Labute approximate surface area is 129 Å². The molecule has 1 aliphatic rings. The first-order valence-corrected chi connectivity index (χ1v) is 7.67. The molecule has 0 spiro atoms. The van der Waals surface area contributed by atoms with Crippen molar-refractivity contribution in [2.24, 2.45) is 0 Å². The molecule has 0 radical (unpaired) electrons. The summed E-state index contributed by atoms with van der Waals surface area (Å²) >= 11 is 3.39. The largest absolute Gasteiger partial charge is 0.398 e. The van der Waals surface area contributed by atoms with Crippen molar-refractivity contribution in [2.45, 2.75) is 26.3 Å². The molecule has 0 bridgehead atoms. The van der Waals surface area contributed by atoms with Crippen LogP contribution in [0.15, 0.2) is 22.7 Å². The normalized spacial score (nSPS) is 17.3. The average molecular weight is 340 g/mol. The van der Waals surface area contributed by atoms with Crippen LogP contribution in [0.5, 0.6) is 0 Å². The lowest BCUT2D eigenvalue weighted by Gasteiger charge is -2.42. The summed E-state index contributed by atoms with van der Waals surface area (Å²) in [5.74, 6) is 0.0253. The van der Waals surface area contributed by atoms with E-state index in [0.717, 1.165) is 30.7 Å². The van der Waals surface area contributed by atoms with Gasteiger partial charge in [0.05, 0.1) is 5.56 Å². The second kappa shape index (κ2) is 5.74. The first-order chi connectivity index (χ1) is 9.29. The van der Waals surface area contributed by atoms with Crippen molar-refractivity contribution in [3.05, 3.63) is 28.2 Å². The molecule has 2 rings (SSSR count). The van der Waals surface area contributed by atoms with Crippen LogP contribution in [0, 0.1) is 0 Å². The Morgan fingerprint density at radius 2 is 1.80 bits per heavy atom. The van der Waals surface area contributed by atoms with E-state index in [1.807, 2.05) is 11.0 Å². The summed E-state index contributed by atoms with van der Waals surface area (Å²) in [6.45, 7) is 9.93. The molecule has 4 nitrogen and oxygen atoms in total. The number of nitrogen functional groups attached to an aromatic ring is 1. The van der Waals surface area contributed by atoms with Crippen LogP contribution in [-0.4, -0.2) is 47.4 Å². The Hall–Kier alpha value is -1.07. The molecule has 0 aromatic heterocycles. The van der Waals surface area contributed by atoms with Gasteiger partial charge in [-0.3, -0.25) is 9.69 Å². The van der Waals surface area contributed by atoms with Gasteiger partial charge in [-0.05, 0) is 39.0 Å². The zero-order valence-electron chi connectivity index (χ0n) is 12.3. The van der Waals surface area contributed by atoms with E-state index < -0.39 is 0 Å². The van der Waals surface area contributed by atoms with E-state index in [-0.39, 0.29) is 11.4 Å². The third-order valence-electron chi connectivity index (χ3n) is 3.76. The average Bonchev–Trinajstić information content (AvgIpc) is 2.40. The quantitative estimate of drug-likeness (QED) is 0.800. The Bertz CT molecular complexity index is 502. The molecule has 110 valence electrons. The molecule has 0 aliphatic carbocycles. The molecular weight excluding hydrogens is 318 g/mol. The lowest BCUT2D eigenvalue weighted by atomic mass is 10.0. The van der Waals surface area contributed by atoms with E-state index in [0.29, 0.717) is 11.3 Å². The van der Waals surface area contributed by atoms with E-state index in [2.05, 4.69) is 41.6 Å². The number of benzene rings is 1. The highest BCUT2D eigenvalue weighted by Gasteiger charge is 2.28. The molecule has 1 aliphatic heterocycles. The van der Waals surface area contributed by atoms with Crippen molar-refractivity contribution < 1.29 is 4.79 Å². The fourth-order valence-electron chi connectivity index (χ4n) is 2.46. The number of rotatable bonds is 1. The van der Waals surface area contributed by atoms with Crippen molar-refractivity contribution in [2.75, 3.05) is 31.9 Å². The highest BCUT2D eigenvalue weighted by molar-refractivity contribution is 9.10. The Morgan fingerprint density at radius 3 is 2.35 bits per heavy atom. The minimum Gasteiger partial charge on any atom is -0.398 e. The molecule has 1 aromatic rings. The summed E-state index contributed by atoms with van der Waals surface area (Å²) in [7, 11) is 0. The molecule has 1 saturated heterocycles. The van der Waals surface area contributed by atoms with Gasteiger partial charge in [-0.25, -0.2) is 0 Å². The summed E-state index contributed by atoms with van der Waals surface area (Å²) in [6.07, 6.45) is 0. The van der Waals surface area contributed by atoms with Gasteiger partial charge in [0.2, 0.25) is 0 Å². The summed E-state index contributed by atoms with van der Waals surface area (Å²) in [5.41, 5.74) is 7.20. The lowest BCUT2D eigenvalue weighted by molar-refractivity contribution is 0.0452.